The molecular formula is C14H15ClN2OS. The van der Waals surface area contributed by atoms with E-state index in [0.29, 0.717) is 15.6 Å². The Bertz CT molecular complexity index is 661. The van der Waals surface area contributed by atoms with Crippen molar-refractivity contribution in [2.24, 2.45) is 0 Å². The molecule has 1 aromatic carbocycles. The third-order valence-corrected chi connectivity index (χ3v) is 5.26. The van der Waals surface area contributed by atoms with Crippen molar-refractivity contribution in [3.8, 4) is 0 Å². The summed E-state index contributed by atoms with van der Waals surface area (Å²) in [5.74, 6) is -0.0861. The molecule has 3 rings (SSSR count). The largest absolute Gasteiger partial charge is 0.397 e. The second-order valence-electron chi connectivity index (χ2n) is 5.33. The SMILES string of the molecule is CC1(NC(=O)c2sc3cccc(Cl)c3c2N)CCC1. The summed E-state index contributed by atoms with van der Waals surface area (Å²) in [4.78, 5) is 12.9. The number of thiophene rings is 1. The molecule has 0 spiro atoms. The molecule has 1 aliphatic rings. The lowest BCUT2D eigenvalue weighted by Crippen LogP contribution is -2.50. The Morgan fingerprint density at radius 3 is 2.79 bits per heavy atom. The van der Waals surface area contributed by atoms with Gasteiger partial charge in [0.25, 0.3) is 5.91 Å². The molecule has 100 valence electrons. The highest BCUT2D eigenvalue weighted by atomic mass is 35.5. The van der Waals surface area contributed by atoms with Crippen molar-refractivity contribution in [3.05, 3.63) is 28.1 Å². The maximum Gasteiger partial charge on any atom is 0.263 e. The zero-order valence-corrected chi connectivity index (χ0v) is 12.2. The average Bonchev–Trinajstić information content (AvgIpc) is 2.66. The summed E-state index contributed by atoms with van der Waals surface area (Å²) in [7, 11) is 0. The highest BCUT2D eigenvalue weighted by molar-refractivity contribution is 7.21. The van der Waals surface area contributed by atoms with Crippen molar-refractivity contribution in [1.29, 1.82) is 0 Å². The molecule has 1 fully saturated rings. The Labute approximate surface area is 120 Å². The van der Waals surface area contributed by atoms with E-state index in [-0.39, 0.29) is 11.4 Å². The fourth-order valence-corrected chi connectivity index (χ4v) is 3.84. The number of nitrogens with one attached hydrogen (secondary N) is 1. The molecule has 1 heterocycles. The van der Waals surface area contributed by atoms with Gasteiger partial charge in [-0.05, 0) is 38.3 Å². The first kappa shape index (κ1) is 12.8. The lowest BCUT2D eigenvalue weighted by molar-refractivity contribution is 0.0855. The molecule has 1 saturated carbocycles. The van der Waals surface area contributed by atoms with Crippen LogP contribution in [0, 0.1) is 0 Å². The maximum atomic E-state index is 12.3. The molecule has 0 unspecified atom stereocenters. The first-order valence-electron chi connectivity index (χ1n) is 6.29. The zero-order valence-electron chi connectivity index (χ0n) is 10.6. The monoisotopic (exact) mass is 294 g/mol. The molecule has 5 heteroatoms. The number of nitrogen functional groups attached to an aromatic ring is 1. The van der Waals surface area contributed by atoms with Crippen LogP contribution in [0.3, 0.4) is 0 Å². The standard InChI is InChI=1S/C14H15ClN2OS/c1-14(6-3-7-14)17-13(18)12-11(16)10-8(15)4-2-5-9(10)19-12/h2,4-5H,3,6-7,16H2,1H3,(H,17,18). The van der Waals surface area contributed by atoms with E-state index >= 15 is 0 Å². The Morgan fingerprint density at radius 2 is 2.21 bits per heavy atom. The molecule has 0 saturated heterocycles. The van der Waals surface area contributed by atoms with E-state index in [0.717, 1.165) is 22.9 Å². The minimum absolute atomic E-state index is 0.0660. The molecular weight excluding hydrogens is 280 g/mol. The van der Waals surface area contributed by atoms with Crippen LogP contribution in [0.5, 0.6) is 0 Å². The van der Waals surface area contributed by atoms with Crippen LogP contribution in [-0.2, 0) is 0 Å². The molecule has 0 aliphatic heterocycles. The minimum Gasteiger partial charge on any atom is -0.397 e. The molecule has 0 radical (unpaired) electrons. The van der Waals surface area contributed by atoms with Crippen molar-refractivity contribution in [2.75, 3.05) is 5.73 Å². The number of amides is 1. The zero-order chi connectivity index (χ0) is 13.6. The Kier molecular flexibility index (Phi) is 2.95. The number of rotatable bonds is 2. The molecule has 0 atom stereocenters. The molecule has 3 nitrogen and oxygen atoms in total. The maximum absolute atomic E-state index is 12.3. The van der Waals surface area contributed by atoms with Crippen molar-refractivity contribution in [2.45, 2.75) is 31.7 Å². The fourth-order valence-electron chi connectivity index (χ4n) is 2.46. The van der Waals surface area contributed by atoms with Crippen LogP contribution in [0.2, 0.25) is 5.02 Å². The van der Waals surface area contributed by atoms with E-state index in [1.54, 1.807) is 6.07 Å². The van der Waals surface area contributed by atoms with Gasteiger partial charge >= 0.3 is 0 Å². The summed E-state index contributed by atoms with van der Waals surface area (Å²) >= 11 is 7.55. The van der Waals surface area contributed by atoms with Crippen LogP contribution in [0.15, 0.2) is 18.2 Å². The number of halogens is 1. The van der Waals surface area contributed by atoms with E-state index in [1.165, 1.54) is 17.8 Å². The third-order valence-electron chi connectivity index (χ3n) is 3.78. The smallest absolute Gasteiger partial charge is 0.263 e. The van der Waals surface area contributed by atoms with Gasteiger partial charge in [-0.1, -0.05) is 17.7 Å². The quantitative estimate of drug-likeness (QED) is 0.885. The van der Waals surface area contributed by atoms with Gasteiger partial charge in [-0.25, -0.2) is 0 Å². The first-order valence-corrected chi connectivity index (χ1v) is 7.49. The van der Waals surface area contributed by atoms with Gasteiger partial charge in [0.05, 0.1) is 10.7 Å². The summed E-state index contributed by atoms with van der Waals surface area (Å²) in [6, 6.07) is 5.60. The Balaban J connectivity index is 1.98. The highest BCUT2D eigenvalue weighted by Gasteiger charge is 2.34. The van der Waals surface area contributed by atoms with E-state index in [2.05, 4.69) is 12.2 Å². The lowest BCUT2D eigenvalue weighted by Gasteiger charge is -2.39. The summed E-state index contributed by atoms with van der Waals surface area (Å²) in [6.45, 7) is 2.07. The van der Waals surface area contributed by atoms with Gasteiger partial charge < -0.3 is 11.1 Å². The van der Waals surface area contributed by atoms with Crippen LogP contribution < -0.4 is 11.1 Å². The van der Waals surface area contributed by atoms with Gasteiger partial charge in [-0.2, -0.15) is 0 Å². The third kappa shape index (κ3) is 2.09. The van der Waals surface area contributed by atoms with Crippen molar-refractivity contribution in [1.82, 2.24) is 5.32 Å². The number of fused-ring (bicyclic) bond motifs is 1. The number of hydrogen-bond donors (Lipinski definition) is 2. The Morgan fingerprint density at radius 1 is 1.47 bits per heavy atom. The van der Waals surface area contributed by atoms with Crippen LogP contribution in [-0.4, -0.2) is 11.4 Å². The van der Waals surface area contributed by atoms with E-state index < -0.39 is 0 Å². The molecule has 2 aromatic rings. The number of benzene rings is 1. The van der Waals surface area contributed by atoms with Crippen LogP contribution in [0.25, 0.3) is 10.1 Å². The van der Waals surface area contributed by atoms with Gasteiger partial charge in [0, 0.05) is 15.6 Å². The number of hydrogen-bond acceptors (Lipinski definition) is 3. The molecule has 0 bridgehead atoms. The van der Waals surface area contributed by atoms with E-state index in [9.17, 15) is 4.79 Å². The predicted octanol–water partition coefficient (Wildman–Crippen LogP) is 3.81. The van der Waals surface area contributed by atoms with Gasteiger partial charge in [0.1, 0.15) is 4.88 Å². The Hall–Kier alpha value is -1.26. The number of carbonyl (C=O) groups is 1. The summed E-state index contributed by atoms with van der Waals surface area (Å²) in [5, 5.41) is 4.47. The summed E-state index contributed by atoms with van der Waals surface area (Å²) in [6.07, 6.45) is 3.24. The summed E-state index contributed by atoms with van der Waals surface area (Å²) in [5.41, 5.74) is 6.51. The average molecular weight is 295 g/mol. The minimum atomic E-state index is -0.0861. The van der Waals surface area contributed by atoms with Gasteiger partial charge in [-0.15, -0.1) is 11.3 Å². The normalized spacial score (nSPS) is 17.2. The summed E-state index contributed by atoms with van der Waals surface area (Å²) < 4.78 is 0.953. The van der Waals surface area contributed by atoms with Crippen molar-refractivity contribution >= 4 is 44.6 Å². The van der Waals surface area contributed by atoms with Gasteiger partial charge in [0.2, 0.25) is 0 Å². The van der Waals surface area contributed by atoms with Gasteiger partial charge in [-0.3, -0.25) is 4.79 Å². The molecule has 1 aromatic heterocycles. The van der Waals surface area contributed by atoms with Crippen LogP contribution in [0.1, 0.15) is 35.9 Å². The second kappa shape index (κ2) is 4.39. The number of anilines is 1. The van der Waals surface area contributed by atoms with Crippen molar-refractivity contribution in [3.63, 3.8) is 0 Å². The van der Waals surface area contributed by atoms with Crippen molar-refractivity contribution < 1.29 is 4.79 Å². The highest BCUT2D eigenvalue weighted by Crippen LogP contribution is 2.39. The fraction of sp³-hybridized carbons (Fsp3) is 0.357. The topological polar surface area (TPSA) is 55.1 Å². The molecule has 1 amide bonds. The molecule has 3 N–H and O–H groups in total. The van der Waals surface area contributed by atoms with Crippen LogP contribution in [0.4, 0.5) is 5.69 Å². The van der Waals surface area contributed by atoms with Gasteiger partial charge in [0.15, 0.2) is 0 Å². The first-order chi connectivity index (χ1) is 9.00. The second-order valence-corrected chi connectivity index (χ2v) is 6.79. The lowest BCUT2D eigenvalue weighted by atomic mass is 9.78. The van der Waals surface area contributed by atoms with E-state index in [4.69, 9.17) is 17.3 Å². The molecule has 19 heavy (non-hydrogen) atoms. The number of nitrogens with two attached hydrogens (primary N) is 1. The predicted molar refractivity (Wildman–Crippen MR) is 81.0 cm³/mol. The number of carbonyl (C=O) groups excluding carboxylic acids is 1. The van der Waals surface area contributed by atoms with E-state index in [1.807, 2.05) is 12.1 Å². The van der Waals surface area contributed by atoms with Crippen LogP contribution >= 0.6 is 22.9 Å². The molecule has 1 aliphatic carbocycles.